The Kier molecular flexibility index (Phi) is 3.80. The monoisotopic (exact) mass is 224 g/mol. The van der Waals surface area contributed by atoms with Crippen LogP contribution >= 0.6 is 11.8 Å². The fourth-order valence-electron chi connectivity index (χ4n) is 1.68. The van der Waals surface area contributed by atoms with Crippen LogP contribution in [0.25, 0.3) is 0 Å². The molecule has 2 heterocycles. The van der Waals surface area contributed by atoms with Crippen LogP contribution in [0.15, 0.2) is 17.4 Å². The molecule has 5 heteroatoms. The van der Waals surface area contributed by atoms with Crippen LogP contribution in [-0.4, -0.2) is 35.9 Å². The van der Waals surface area contributed by atoms with Gasteiger partial charge < -0.3 is 10.6 Å². The summed E-state index contributed by atoms with van der Waals surface area (Å²) in [6.07, 6.45) is 5.04. The van der Waals surface area contributed by atoms with Crippen LogP contribution in [-0.2, 0) is 0 Å². The molecule has 1 aliphatic rings. The lowest BCUT2D eigenvalue weighted by atomic mass is 10.1. The van der Waals surface area contributed by atoms with Crippen molar-refractivity contribution < 1.29 is 0 Å². The molecule has 0 unspecified atom stereocenters. The maximum absolute atomic E-state index is 4.37. The molecular formula is C10H16N4S. The van der Waals surface area contributed by atoms with E-state index >= 15 is 0 Å². The predicted octanol–water partition coefficient (Wildman–Crippen LogP) is 1.22. The molecule has 1 aromatic heterocycles. The highest BCUT2D eigenvalue weighted by Crippen LogP contribution is 2.12. The molecule has 0 amide bonds. The summed E-state index contributed by atoms with van der Waals surface area (Å²) in [7, 11) is 0. The van der Waals surface area contributed by atoms with Gasteiger partial charge in [0.25, 0.3) is 0 Å². The number of thioether (sulfide) groups is 1. The highest BCUT2D eigenvalue weighted by atomic mass is 32.2. The summed E-state index contributed by atoms with van der Waals surface area (Å²) < 4.78 is 0. The van der Waals surface area contributed by atoms with Gasteiger partial charge in [-0.1, -0.05) is 11.8 Å². The van der Waals surface area contributed by atoms with Crippen LogP contribution in [0.4, 0.5) is 5.82 Å². The summed E-state index contributed by atoms with van der Waals surface area (Å²) in [4.78, 5) is 8.51. The molecule has 0 spiro atoms. The van der Waals surface area contributed by atoms with E-state index in [9.17, 15) is 0 Å². The Morgan fingerprint density at radius 3 is 3.33 bits per heavy atom. The number of hydrogen-bond acceptors (Lipinski definition) is 5. The minimum Gasteiger partial charge on any atom is -0.370 e. The lowest BCUT2D eigenvalue weighted by molar-refractivity contribution is 0.613. The second-order valence-electron chi connectivity index (χ2n) is 3.67. The molecule has 0 aliphatic carbocycles. The van der Waals surface area contributed by atoms with Crippen molar-refractivity contribution in [3.63, 3.8) is 0 Å². The third-order valence-corrected chi connectivity index (χ3v) is 3.11. The van der Waals surface area contributed by atoms with Gasteiger partial charge in [0.1, 0.15) is 5.82 Å². The van der Waals surface area contributed by atoms with Gasteiger partial charge in [-0.25, -0.2) is 9.97 Å². The zero-order valence-electron chi connectivity index (χ0n) is 8.86. The van der Waals surface area contributed by atoms with Gasteiger partial charge >= 0.3 is 0 Å². The summed E-state index contributed by atoms with van der Waals surface area (Å²) in [5, 5.41) is 7.53. The fourth-order valence-corrected chi connectivity index (χ4v) is 2.03. The van der Waals surface area contributed by atoms with Crippen LogP contribution in [0.1, 0.15) is 6.42 Å². The molecule has 15 heavy (non-hydrogen) atoms. The number of rotatable bonds is 4. The molecule has 4 nitrogen and oxygen atoms in total. The molecule has 0 saturated carbocycles. The lowest BCUT2D eigenvalue weighted by Gasteiger charge is -2.10. The summed E-state index contributed by atoms with van der Waals surface area (Å²) in [5.41, 5.74) is 0. The first-order chi connectivity index (χ1) is 7.38. The van der Waals surface area contributed by atoms with E-state index < -0.39 is 0 Å². The van der Waals surface area contributed by atoms with Gasteiger partial charge in [0.15, 0.2) is 5.16 Å². The molecule has 82 valence electrons. The van der Waals surface area contributed by atoms with Crippen molar-refractivity contribution in [2.75, 3.05) is 31.2 Å². The third kappa shape index (κ3) is 3.07. The molecule has 1 aromatic rings. The van der Waals surface area contributed by atoms with E-state index in [4.69, 9.17) is 0 Å². The molecule has 1 atom stereocenters. The molecule has 1 aliphatic heterocycles. The molecule has 1 saturated heterocycles. The highest BCUT2D eigenvalue weighted by molar-refractivity contribution is 7.98. The largest absolute Gasteiger partial charge is 0.370 e. The molecular weight excluding hydrogens is 208 g/mol. The van der Waals surface area contributed by atoms with Gasteiger partial charge in [-0.15, -0.1) is 0 Å². The van der Waals surface area contributed by atoms with E-state index in [1.54, 1.807) is 18.0 Å². The average molecular weight is 224 g/mol. The fraction of sp³-hybridized carbons (Fsp3) is 0.600. The topological polar surface area (TPSA) is 49.8 Å². The molecule has 0 radical (unpaired) electrons. The number of hydrogen-bond donors (Lipinski definition) is 2. The van der Waals surface area contributed by atoms with Crippen molar-refractivity contribution in [3.8, 4) is 0 Å². The minimum atomic E-state index is 0.734. The summed E-state index contributed by atoms with van der Waals surface area (Å²) in [6.45, 7) is 3.26. The van der Waals surface area contributed by atoms with Gasteiger partial charge in [0.2, 0.25) is 0 Å². The van der Waals surface area contributed by atoms with Crippen LogP contribution in [0.3, 0.4) is 0 Å². The molecule has 0 aromatic carbocycles. The standard InChI is InChI=1S/C10H16N4S/c1-15-10-12-5-3-9(14-10)13-7-8-2-4-11-6-8/h3,5,8,11H,2,4,6-7H2,1H3,(H,12,13,14)/t8-/m1/s1. The van der Waals surface area contributed by atoms with Crippen molar-refractivity contribution in [2.45, 2.75) is 11.6 Å². The van der Waals surface area contributed by atoms with E-state index in [1.165, 1.54) is 6.42 Å². The van der Waals surface area contributed by atoms with Crippen molar-refractivity contribution in [1.29, 1.82) is 0 Å². The normalized spacial score (nSPS) is 20.5. The van der Waals surface area contributed by atoms with Crippen LogP contribution in [0, 0.1) is 5.92 Å². The van der Waals surface area contributed by atoms with Gasteiger partial charge in [-0.2, -0.15) is 0 Å². The first-order valence-electron chi connectivity index (χ1n) is 5.20. The van der Waals surface area contributed by atoms with Crippen LogP contribution < -0.4 is 10.6 Å². The summed E-state index contributed by atoms with van der Waals surface area (Å²) in [5.74, 6) is 1.67. The Hall–Kier alpha value is -0.810. The number of nitrogens with zero attached hydrogens (tertiary/aromatic N) is 2. The van der Waals surface area contributed by atoms with E-state index in [1.807, 2.05) is 12.3 Å². The Bertz CT molecular complexity index is 312. The van der Waals surface area contributed by atoms with E-state index in [0.717, 1.165) is 36.5 Å². The first kappa shape index (κ1) is 10.7. The molecule has 2 N–H and O–H groups in total. The van der Waals surface area contributed by atoms with Gasteiger partial charge in [0, 0.05) is 12.7 Å². The second-order valence-corrected chi connectivity index (χ2v) is 4.44. The average Bonchev–Trinajstić information content (AvgIpc) is 2.79. The smallest absolute Gasteiger partial charge is 0.189 e. The number of anilines is 1. The Labute approximate surface area is 94.3 Å². The number of aromatic nitrogens is 2. The van der Waals surface area contributed by atoms with Crippen LogP contribution in [0.5, 0.6) is 0 Å². The van der Waals surface area contributed by atoms with Crippen LogP contribution in [0.2, 0.25) is 0 Å². The predicted molar refractivity (Wildman–Crippen MR) is 63.3 cm³/mol. The number of nitrogens with one attached hydrogen (secondary N) is 2. The Morgan fingerprint density at radius 1 is 1.67 bits per heavy atom. The quantitative estimate of drug-likeness (QED) is 0.595. The molecule has 1 fully saturated rings. The maximum Gasteiger partial charge on any atom is 0.189 e. The van der Waals surface area contributed by atoms with E-state index in [0.29, 0.717) is 0 Å². The summed E-state index contributed by atoms with van der Waals surface area (Å²) in [6, 6.07) is 1.92. The van der Waals surface area contributed by atoms with Crippen molar-refractivity contribution in [3.05, 3.63) is 12.3 Å². The van der Waals surface area contributed by atoms with Gasteiger partial charge in [-0.3, -0.25) is 0 Å². The Morgan fingerprint density at radius 2 is 2.60 bits per heavy atom. The third-order valence-electron chi connectivity index (χ3n) is 2.55. The van der Waals surface area contributed by atoms with E-state index in [-0.39, 0.29) is 0 Å². The maximum atomic E-state index is 4.37. The SMILES string of the molecule is CSc1nccc(NC[C@@H]2CCNC2)n1. The van der Waals surface area contributed by atoms with Crippen molar-refractivity contribution in [1.82, 2.24) is 15.3 Å². The molecule has 2 rings (SSSR count). The van der Waals surface area contributed by atoms with Gasteiger partial charge in [0.05, 0.1) is 0 Å². The highest BCUT2D eigenvalue weighted by Gasteiger charge is 2.13. The van der Waals surface area contributed by atoms with Crippen molar-refractivity contribution >= 4 is 17.6 Å². The zero-order chi connectivity index (χ0) is 10.5. The Balaban J connectivity index is 1.86. The van der Waals surface area contributed by atoms with Gasteiger partial charge in [-0.05, 0) is 37.8 Å². The second kappa shape index (κ2) is 5.32. The zero-order valence-corrected chi connectivity index (χ0v) is 9.68. The first-order valence-corrected chi connectivity index (χ1v) is 6.42. The summed E-state index contributed by atoms with van der Waals surface area (Å²) >= 11 is 1.57. The minimum absolute atomic E-state index is 0.734. The lowest BCUT2D eigenvalue weighted by Crippen LogP contribution is -2.17. The van der Waals surface area contributed by atoms with E-state index in [2.05, 4.69) is 20.6 Å². The van der Waals surface area contributed by atoms with Crippen molar-refractivity contribution in [2.24, 2.45) is 5.92 Å². The molecule has 0 bridgehead atoms.